The molecular formula is C26H32FN3O3. The number of aromatic nitrogens is 2. The molecule has 1 aromatic heterocycles. The first-order chi connectivity index (χ1) is 16.0. The molecule has 1 heterocycles. The van der Waals surface area contributed by atoms with E-state index in [-0.39, 0.29) is 11.7 Å². The Morgan fingerprint density at radius 3 is 2.58 bits per heavy atom. The van der Waals surface area contributed by atoms with E-state index in [0.29, 0.717) is 24.3 Å². The fraction of sp³-hybridized carbons (Fsp3) is 0.385. The number of nitrogens with zero attached hydrogens (tertiary/aromatic N) is 2. The van der Waals surface area contributed by atoms with E-state index in [2.05, 4.69) is 10.2 Å². The molecule has 0 bridgehead atoms. The summed E-state index contributed by atoms with van der Waals surface area (Å²) in [4.78, 5) is 14.3. The first-order valence-electron chi connectivity index (χ1n) is 11.2. The maximum absolute atomic E-state index is 13.4. The van der Waals surface area contributed by atoms with Crippen molar-refractivity contribution in [1.82, 2.24) is 15.1 Å². The first kappa shape index (κ1) is 24.3. The van der Waals surface area contributed by atoms with Gasteiger partial charge < -0.3 is 14.4 Å². The Morgan fingerprint density at radius 1 is 1.00 bits per heavy atom. The summed E-state index contributed by atoms with van der Waals surface area (Å²) in [6, 6.07) is 14.2. The Morgan fingerprint density at radius 2 is 1.82 bits per heavy atom. The van der Waals surface area contributed by atoms with Crippen LogP contribution in [0, 0.1) is 5.82 Å². The highest BCUT2D eigenvalue weighted by Crippen LogP contribution is 2.28. The molecule has 0 radical (unpaired) electrons. The van der Waals surface area contributed by atoms with E-state index in [0.717, 1.165) is 54.7 Å². The van der Waals surface area contributed by atoms with Gasteiger partial charge in [0, 0.05) is 31.3 Å². The topological polar surface area (TPSA) is 67.5 Å². The molecule has 0 saturated heterocycles. The molecule has 7 heteroatoms. The van der Waals surface area contributed by atoms with Crippen LogP contribution in [0.1, 0.15) is 36.9 Å². The third-order valence-electron chi connectivity index (χ3n) is 5.69. The van der Waals surface area contributed by atoms with Crippen molar-refractivity contribution in [2.24, 2.45) is 0 Å². The number of benzene rings is 2. The Labute approximate surface area is 194 Å². The molecule has 0 saturated carbocycles. The van der Waals surface area contributed by atoms with Gasteiger partial charge in [0.2, 0.25) is 5.91 Å². The molecule has 0 unspecified atom stereocenters. The number of ether oxygens (including phenoxy) is 2. The van der Waals surface area contributed by atoms with Gasteiger partial charge in [-0.3, -0.25) is 9.89 Å². The number of H-pyrrole nitrogens is 1. The number of rotatable bonds is 12. The van der Waals surface area contributed by atoms with Crippen LogP contribution in [0.25, 0.3) is 11.3 Å². The number of carbonyl (C=O) groups is 1. The summed E-state index contributed by atoms with van der Waals surface area (Å²) in [5.41, 5.74) is 3.61. The summed E-state index contributed by atoms with van der Waals surface area (Å²) >= 11 is 0. The summed E-state index contributed by atoms with van der Waals surface area (Å²) in [5.74, 6) is 1.23. The standard InChI is InChI=1S/C26H32FN3O3/c1-30(26(31)14-12-19-11-13-24(32-2)25(16-19)33-3)15-6-4-5-10-22-18-23(29-28-22)20-8-7-9-21(27)17-20/h7-9,11,13,16-18H,4-6,10,12,14-15H2,1-3H3,(H,28,29). The highest BCUT2D eigenvalue weighted by atomic mass is 19.1. The van der Waals surface area contributed by atoms with Crippen LogP contribution in [0.5, 0.6) is 11.5 Å². The number of halogens is 1. The molecule has 0 atom stereocenters. The summed E-state index contributed by atoms with van der Waals surface area (Å²) in [5, 5.41) is 7.32. The average Bonchev–Trinajstić information content (AvgIpc) is 3.31. The lowest BCUT2D eigenvalue weighted by atomic mass is 10.1. The predicted molar refractivity (Wildman–Crippen MR) is 127 cm³/mol. The van der Waals surface area contributed by atoms with E-state index in [1.165, 1.54) is 12.1 Å². The van der Waals surface area contributed by atoms with Crippen molar-refractivity contribution in [3.8, 4) is 22.8 Å². The second-order valence-corrected chi connectivity index (χ2v) is 8.10. The molecule has 0 aliphatic rings. The van der Waals surface area contributed by atoms with Gasteiger partial charge in [-0.25, -0.2) is 4.39 Å². The molecule has 0 fully saturated rings. The van der Waals surface area contributed by atoms with Gasteiger partial charge in [-0.1, -0.05) is 24.6 Å². The van der Waals surface area contributed by atoms with E-state index in [9.17, 15) is 9.18 Å². The Balaban J connectivity index is 1.35. The number of carbonyl (C=O) groups excluding carboxylic acids is 1. The van der Waals surface area contributed by atoms with Crippen molar-refractivity contribution in [2.45, 2.75) is 38.5 Å². The maximum atomic E-state index is 13.4. The molecule has 33 heavy (non-hydrogen) atoms. The van der Waals surface area contributed by atoms with Crippen molar-refractivity contribution >= 4 is 5.91 Å². The highest BCUT2D eigenvalue weighted by Gasteiger charge is 2.11. The fourth-order valence-corrected chi connectivity index (χ4v) is 3.73. The van der Waals surface area contributed by atoms with Gasteiger partial charge in [0.1, 0.15) is 5.82 Å². The highest BCUT2D eigenvalue weighted by molar-refractivity contribution is 5.76. The van der Waals surface area contributed by atoms with Crippen LogP contribution >= 0.6 is 0 Å². The second-order valence-electron chi connectivity index (χ2n) is 8.10. The summed E-state index contributed by atoms with van der Waals surface area (Å²) < 4.78 is 24.0. The lowest BCUT2D eigenvalue weighted by molar-refractivity contribution is -0.129. The van der Waals surface area contributed by atoms with Gasteiger partial charge in [-0.05, 0) is 61.6 Å². The van der Waals surface area contributed by atoms with Crippen LogP contribution < -0.4 is 9.47 Å². The van der Waals surface area contributed by atoms with Crippen molar-refractivity contribution in [3.05, 3.63) is 65.6 Å². The number of hydrogen-bond donors (Lipinski definition) is 1. The van der Waals surface area contributed by atoms with Crippen LogP contribution in [-0.4, -0.2) is 48.8 Å². The summed E-state index contributed by atoms with van der Waals surface area (Å²) in [6.07, 6.45) is 4.96. The van der Waals surface area contributed by atoms with Crippen molar-refractivity contribution < 1.29 is 18.7 Å². The van der Waals surface area contributed by atoms with Crippen molar-refractivity contribution in [3.63, 3.8) is 0 Å². The number of amides is 1. The van der Waals surface area contributed by atoms with Crippen LogP contribution in [0.2, 0.25) is 0 Å². The second kappa shape index (κ2) is 12.0. The van der Waals surface area contributed by atoms with E-state index in [1.807, 2.05) is 37.4 Å². The van der Waals surface area contributed by atoms with Gasteiger partial charge in [0.25, 0.3) is 0 Å². The predicted octanol–water partition coefficient (Wildman–Crippen LogP) is 5.04. The van der Waals surface area contributed by atoms with Gasteiger partial charge in [-0.2, -0.15) is 5.10 Å². The number of unbranched alkanes of at least 4 members (excludes halogenated alkanes) is 2. The lowest BCUT2D eigenvalue weighted by Crippen LogP contribution is -2.27. The zero-order valence-electron chi connectivity index (χ0n) is 19.6. The minimum Gasteiger partial charge on any atom is -0.493 e. The Kier molecular flexibility index (Phi) is 8.87. The van der Waals surface area contributed by atoms with Crippen LogP contribution in [0.3, 0.4) is 0 Å². The SMILES string of the molecule is COc1ccc(CCC(=O)N(C)CCCCCc2cc(-c3cccc(F)c3)n[nH]2)cc1OC. The largest absolute Gasteiger partial charge is 0.493 e. The number of aryl methyl sites for hydroxylation is 2. The van der Waals surface area contributed by atoms with Crippen molar-refractivity contribution in [2.75, 3.05) is 27.8 Å². The molecule has 176 valence electrons. The van der Waals surface area contributed by atoms with Gasteiger partial charge in [0.05, 0.1) is 19.9 Å². The van der Waals surface area contributed by atoms with E-state index < -0.39 is 0 Å². The average molecular weight is 454 g/mol. The smallest absolute Gasteiger partial charge is 0.222 e. The minimum atomic E-state index is -0.264. The Hall–Kier alpha value is -3.35. The van der Waals surface area contributed by atoms with Gasteiger partial charge in [-0.15, -0.1) is 0 Å². The quantitative estimate of drug-likeness (QED) is 0.390. The molecule has 6 nitrogen and oxygen atoms in total. The molecule has 2 aromatic carbocycles. The number of methoxy groups -OCH3 is 2. The molecule has 1 N–H and O–H groups in total. The molecule has 3 aromatic rings. The Bertz CT molecular complexity index is 1050. The lowest BCUT2D eigenvalue weighted by Gasteiger charge is -2.17. The fourth-order valence-electron chi connectivity index (χ4n) is 3.73. The molecule has 3 rings (SSSR count). The van der Waals surface area contributed by atoms with Gasteiger partial charge in [0.15, 0.2) is 11.5 Å². The molecule has 1 amide bonds. The molecule has 0 aliphatic heterocycles. The van der Waals surface area contributed by atoms with E-state index in [1.54, 1.807) is 25.2 Å². The summed E-state index contributed by atoms with van der Waals surface area (Å²) in [7, 11) is 5.07. The zero-order chi connectivity index (χ0) is 23.6. The third kappa shape index (κ3) is 7.07. The van der Waals surface area contributed by atoms with Crippen LogP contribution in [-0.2, 0) is 17.6 Å². The van der Waals surface area contributed by atoms with Crippen molar-refractivity contribution in [1.29, 1.82) is 0 Å². The third-order valence-corrected chi connectivity index (χ3v) is 5.69. The van der Waals surface area contributed by atoms with E-state index in [4.69, 9.17) is 9.47 Å². The number of hydrogen-bond acceptors (Lipinski definition) is 4. The van der Waals surface area contributed by atoms with Crippen LogP contribution in [0.15, 0.2) is 48.5 Å². The molecule has 0 aliphatic carbocycles. The zero-order valence-corrected chi connectivity index (χ0v) is 19.6. The number of aromatic amines is 1. The van der Waals surface area contributed by atoms with Gasteiger partial charge >= 0.3 is 0 Å². The first-order valence-corrected chi connectivity index (χ1v) is 11.2. The minimum absolute atomic E-state index is 0.137. The molecular weight excluding hydrogens is 421 g/mol. The monoisotopic (exact) mass is 453 g/mol. The normalized spacial score (nSPS) is 10.8. The van der Waals surface area contributed by atoms with Crippen LogP contribution in [0.4, 0.5) is 4.39 Å². The maximum Gasteiger partial charge on any atom is 0.222 e. The van der Waals surface area contributed by atoms with E-state index >= 15 is 0 Å². The number of nitrogens with one attached hydrogen (secondary N) is 1. The molecule has 0 spiro atoms. The summed E-state index contributed by atoms with van der Waals surface area (Å²) in [6.45, 7) is 0.738.